The van der Waals surface area contributed by atoms with Crippen molar-refractivity contribution >= 4 is 0 Å². The molecule has 0 unspecified atom stereocenters. The predicted octanol–water partition coefficient (Wildman–Crippen LogP) is 11.6. The van der Waals surface area contributed by atoms with E-state index in [-0.39, 0.29) is 0 Å². The zero-order valence-corrected chi connectivity index (χ0v) is 29.3. The minimum Gasteiger partial charge on any atom is -0.493 e. The molecule has 3 aromatic carbocycles. The molecule has 0 bridgehead atoms. The van der Waals surface area contributed by atoms with Crippen molar-refractivity contribution < 1.29 is 9.47 Å². The lowest BCUT2D eigenvalue weighted by Gasteiger charge is -2.16. The highest BCUT2D eigenvalue weighted by Crippen LogP contribution is 2.35. The smallest absolute Gasteiger partial charge is 0.167 e. The van der Waals surface area contributed by atoms with Gasteiger partial charge in [-0.2, -0.15) is 0 Å². The molecule has 0 saturated carbocycles. The standard InChI is InChI=1S/C41H55N3O2/c1-7-9-11-13-15-17-25-45-34-21-24-37(38(29-34)46-26-18-16-14-12-10-8-2)41-43-39(35-22-19-30(3)27-32(35)5)42-40(44-41)36-23-20-31(4)28-33(36)6/h19-24,27-29H,7-18,25-26H2,1-6H3. The minimum absolute atomic E-state index is 0.611. The van der Waals surface area contributed by atoms with E-state index in [1.807, 2.05) is 12.1 Å². The summed E-state index contributed by atoms with van der Waals surface area (Å²) in [6.07, 6.45) is 14.7. The maximum atomic E-state index is 6.50. The van der Waals surface area contributed by atoms with Crippen LogP contribution in [-0.4, -0.2) is 28.2 Å². The van der Waals surface area contributed by atoms with E-state index in [2.05, 4.69) is 84.0 Å². The van der Waals surface area contributed by atoms with Crippen LogP contribution in [0.5, 0.6) is 11.5 Å². The third-order valence-corrected chi connectivity index (χ3v) is 8.60. The Morgan fingerprint density at radius 2 is 0.891 bits per heavy atom. The van der Waals surface area contributed by atoms with Crippen molar-refractivity contribution in [1.29, 1.82) is 0 Å². The number of unbranched alkanes of at least 4 members (excludes halogenated alkanes) is 10. The number of aromatic nitrogens is 3. The van der Waals surface area contributed by atoms with Crippen molar-refractivity contribution in [2.75, 3.05) is 13.2 Å². The Bertz CT molecular complexity index is 1460. The van der Waals surface area contributed by atoms with Gasteiger partial charge in [0, 0.05) is 17.2 Å². The van der Waals surface area contributed by atoms with E-state index >= 15 is 0 Å². The number of benzene rings is 3. The summed E-state index contributed by atoms with van der Waals surface area (Å²) in [7, 11) is 0. The van der Waals surface area contributed by atoms with Crippen LogP contribution in [0.4, 0.5) is 0 Å². The molecule has 0 aliphatic heterocycles. The first kappa shape index (κ1) is 35.1. The van der Waals surface area contributed by atoms with Crippen molar-refractivity contribution in [3.8, 4) is 45.7 Å². The number of rotatable bonds is 19. The number of aryl methyl sites for hydroxylation is 4. The van der Waals surface area contributed by atoms with E-state index in [4.69, 9.17) is 24.4 Å². The fourth-order valence-electron chi connectivity index (χ4n) is 5.90. The summed E-state index contributed by atoms with van der Waals surface area (Å²) in [6, 6.07) is 18.9. The zero-order valence-electron chi connectivity index (χ0n) is 29.3. The fourth-order valence-corrected chi connectivity index (χ4v) is 5.90. The van der Waals surface area contributed by atoms with Crippen molar-refractivity contribution in [2.45, 2.75) is 119 Å². The normalized spacial score (nSPS) is 11.2. The highest BCUT2D eigenvalue weighted by atomic mass is 16.5. The molecule has 0 N–H and O–H groups in total. The van der Waals surface area contributed by atoms with Crippen LogP contribution in [0.1, 0.15) is 113 Å². The maximum absolute atomic E-state index is 6.50. The van der Waals surface area contributed by atoms with Gasteiger partial charge in [0.05, 0.1) is 18.8 Å². The molecule has 0 spiro atoms. The molecule has 0 aliphatic carbocycles. The Labute approximate surface area is 278 Å². The van der Waals surface area contributed by atoms with Gasteiger partial charge in [0.15, 0.2) is 17.5 Å². The highest BCUT2D eigenvalue weighted by molar-refractivity contribution is 5.72. The summed E-state index contributed by atoms with van der Waals surface area (Å²) in [5.74, 6) is 3.54. The summed E-state index contributed by atoms with van der Waals surface area (Å²) in [5, 5.41) is 0. The predicted molar refractivity (Wildman–Crippen MR) is 193 cm³/mol. The SMILES string of the molecule is CCCCCCCCOc1ccc(-c2nc(-c3ccc(C)cc3C)nc(-c3ccc(C)cc3C)n2)c(OCCCCCCCC)c1. The molecule has 46 heavy (non-hydrogen) atoms. The zero-order chi connectivity index (χ0) is 32.7. The van der Waals surface area contributed by atoms with Crippen LogP contribution in [0.15, 0.2) is 54.6 Å². The maximum Gasteiger partial charge on any atom is 0.167 e. The Kier molecular flexibility index (Phi) is 14.1. The number of hydrogen-bond donors (Lipinski definition) is 0. The molecule has 4 rings (SSSR count). The molecular weight excluding hydrogens is 566 g/mol. The Morgan fingerprint density at radius 3 is 1.39 bits per heavy atom. The minimum atomic E-state index is 0.611. The number of hydrogen-bond acceptors (Lipinski definition) is 5. The molecular formula is C41H55N3O2. The third kappa shape index (κ3) is 10.4. The van der Waals surface area contributed by atoms with Gasteiger partial charge in [-0.1, -0.05) is 126 Å². The molecule has 246 valence electrons. The molecule has 5 nitrogen and oxygen atoms in total. The van der Waals surface area contributed by atoms with E-state index < -0.39 is 0 Å². The topological polar surface area (TPSA) is 57.1 Å². The summed E-state index contributed by atoms with van der Waals surface area (Å²) >= 11 is 0. The molecule has 0 aliphatic rings. The molecule has 0 radical (unpaired) electrons. The van der Waals surface area contributed by atoms with Crippen molar-refractivity contribution in [3.63, 3.8) is 0 Å². The van der Waals surface area contributed by atoms with E-state index in [1.165, 1.54) is 75.3 Å². The quantitative estimate of drug-likeness (QED) is 0.0975. The van der Waals surface area contributed by atoms with Crippen molar-refractivity contribution in [1.82, 2.24) is 15.0 Å². The molecule has 0 fully saturated rings. The van der Waals surface area contributed by atoms with Crippen LogP contribution >= 0.6 is 0 Å². The number of nitrogens with zero attached hydrogens (tertiary/aromatic N) is 3. The first-order valence-corrected chi connectivity index (χ1v) is 17.7. The highest BCUT2D eigenvalue weighted by Gasteiger charge is 2.18. The Morgan fingerprint density at radius 1 is 0.457 bits per heavy atom. The van der Waals surface area contributed by atoms with Gasteiger partial charge in [-0.25, -0.2) is 15.0 Å². The van der Waals surface area contributed by atoms with Gasteiger partial charge in [0.1, 0.15) is 11.5 Å². The van der Waals surface area contributed by atoms with Gasteiger partial charge in [0.25, 0.3) is 0 Å². The van der Waals surface area contributed by atoms with Gasteiger partial charge in [-0.05, 0) is 63.8 Å². The first-order chi connectivity index (χ1) is 22.4. The Balaban J connectivity index is 1.68. The van der Waals surface area contributed by atoms with E-state index in [1.54, 1.807) is 0 Å². The summed E-state index contributed by atoms with van der Waals surface area (Å²) < 4.78 is 12.7. The summed E-state index contributed by atoms with van der Waals surface area (Å²) in [6.45, 7) is 14.3. The number of ether oxygens (including phenoxy) is 2. The molecule has 4 aromatic rings. The lowest BCUT2D eigenvalue weighted by atomic mass is 10.0. The van der Waals surface area contributed by atoms with Gasteiger partial charge in [-0.15, -0.1) is 0 Å². The lowest BCUT2D eigenvalue weighted by Crippen LogP contribution is -2.05. The largest absolute Gasteiger partial charge is 0.493 e. The second-order valence-electron chi connectivity index (χ2n) is 12.8. The van der Waals surface area contributed by atoms with Gasteiger partial charge < -0.3 is 9.47 Å². The third-order valence-electron chi connectivity index (χ3n) is 8.60. The Hall–Kier alpha value is -3.73. The summed E-state index contributed by atoms with van der Waals surface area (Å²) in [5.41, 5.74) is 7.59. The molecule has 1 heterocycles. The fraction of sp³-hybridized carbons (Fsp3) is 0.488. The molecule has 0 atom stereocenters. The summed E-state index contributed by atoms with van der Waals surface area (Å²) in [4.78, 5) is 15.2. The second-order valence-corrected chi connectivity index (χ2v) is 12.8. The second kappa shape index (κ2) is 18.4. The van der Waals surface area contributed by atoms with Gasteiger partial charge in [-0.3, -0.25) is 0 Å². The van der Waals surface area contributed by atoms with E-state index in [0.29, 0.717) is 30.7 Å². The average molecular weight is 622 g/mol. The molecule has 0 amide bonds. The monoisotopic (exact) mass is 621 g/mol. The van der Waals surface area contributed by atoms with Crippen LogP contribution in [0.3, 0.4) is 0 Å². The van der Waals surface area contributed by atoms with Crippen LogP contribution in [0.2, 0.25) is 0 Å². The van der Waals surface area contributed by atoms with E-state index in [9.17, 15) is 0 Å². The van der Waals surface area contributed by atoms with Gasteiger partial charge >= 0.3 is 0 Å². The van der Waals surface area contributed by atoms with E-state index in [0.717, 1.165) is 52.2 Å². The van der Waals surface area contributed by atoms with Crippen molar-refractivity contribution in [2.24, 2.45) is 0 Å². The van der Waals surface area contributed by atoms with Crippen molar-refractivity contribution in [3.05, 3.63) is 76.9 Å². The average Bonchev–Trinajstić information content (AvgIpc) is 3.04. The molecule has 5 heteroatoms. The first-order valence-electron chi connectivity index (χ1n) is 17.7. The molecule has 1 aromatic heterocycles. The molecule has 0 saturated heterocycles. The van der Waals surface area contributed by atoms with Gasteiger partial charge in [0.2, 0.25) is 0 Å². The van der Waals surface area contributed by atoms with Crippen LogP contribution in [0.25, 0.3) is 34.2 Å². The lowest BCUT2D eigenvalue weighted by molar-refractivity contribution is 0.290. The van der Waals surface area contributed by atoms with Crippen LogP contribution in [0, 0.1) is 27.7 Å². The van der Waals surface area contributed by atoms with Crippen LogP contribution < -0.4 is 9.47 Å². The van der Waals surface area contributed by atoms with Crippen LogP contribution in [-0.2, 0) is 0 Å².